The summed E-state index contributed by atoms with van der Waals surface area (Å²) in [6, 6.07) is 0.549. The van der Waals surface area contributed by atoms with Crippen LogP contribution >= 0.6 is 0 Å². The largest absolute Gasteiger partial charge is 0.573 e. The number of rotatable bonds is 3. The second-order valence-corrected chi connectivity index (χ2v) is 2.91. The van der Waals surface area contributed by atoms with Crippen LogP contribution in [0.1, 0.15) is 17.8 Å². The minimum absolute atomic E-state index is 0.333. The van der Waals surface area contributed by atoms with Gasteiger partial charge in [-0.15, -0.1) is 13.2 Å². The molecule has 0 atom stereocenters. The Morgan fingerprint density at radius 1 is 1.41 bits per heavy atom. The van der Waals surface area contributed by atoms with Gasteiger partial charge in [0.05, 0.1) is 6.61 Å². The molecule has 0 aliphatic heterocycles. The van der Waals surface area contributed by atoms with E-state index in [1.807, 2.05) is 0 Å². The average Bonchev–Trinajstić information content (AvgIpc) is 2.18. The van der Waals surface area contributed by atoms with Crippen LogP contribution in [-0.2, 0) is 6.61 Å². The van der Waals surface area contributed by atoms with Crippen molar-refractivity contribution in [2.75, 3.05) is 0 Å². The summed E-state index contributed by atoms with van der Waals surface area (Å²) < 4.78 is 63.7. The van der Waals surface area contributed by atoms with Crippen molar-refractivity contribution in [1.29, 1.82) is 0 Å². The van der Waals surface area contributed by atoms with Crippen molar-refractivity contribution in [1.82, 2.24) is 4.98 Å². The summed E-state index contributed by atoms with van der Waals surface area (Å²) in [5.41, 5.74) is -3.04. The van der Waals surface area contributed by atoms with E-state index in [2.05, 4.69) is 4.74 Å². The molecule has 0 spiro atoms. The third-order valence-corrected chi connectivity index (χ3v) is 1.68. The molecule has 9 heteroatoms. The standard InChI is InChI=1S/C8H6F5NO3/c9-7(10)5-6(17-8(11,12)13)4(16)1-3(2-15)14-5/h1,7,15H,2H2,(H,14,16). The predicted molar refractivity (Wildman–Crippen MR) is 44.6 cm³/mol. The molecule has 1 rings (SSSR count). The van der Waals surface area contributed by atoms with Gasteiger partial charge in [0.15, 0.2) is 0 Å². The highest BCUT2D eigenvalue weighted by Crippen LogP contribution is 2.28. The molecular weight excluding hydrogens is 253 g/mol. The molecule has 2 N–H and O–H groups in total. The highest BCUT2D eigenvalue weighted by Gasteiger charge is 2.35. The van der Waals surface area contributed by atoms with Gasteiger partial charge in [-0.1, -0.05) is 0 Å². The molecule has 0 saturated heterocycles. The Hall–Kier alpha value is -1.64. The van der Waals surface area contributed by atoms with E-state index >= 15 is 0 Å². The molecule has 0 saturated carbocycles. The number of alkyl halides is 5. The van der Waals surface area contributed by atoms with E-state index < -0.39 is 36.3 Å². The Balaban J connectivity index is 3.32. The van der Waals surface area contributed by atoms with Crippen molar-refractivity contribution in [3.63, 3.8) is 0 Å². The fourth-order valence-corrected chi connectivity index (χ4v) is 1.08. The Morgan fingerprint density at radius 3 is 2.41 bits per heavy atom. The van der Waals surface area contributed by atoms with Crippen molar-refractivity contribution < 1.29 is 31.8 Å². The molecule has 96 valence electrons. The van der Waals surface area contributed by atoms with Gasteiger partial charge >= 0.3 is 6.36 Å². The first-order valence-electron chi connectivity index (χ1n) is 4.15. The van der Waals surface area contributed by atoms with Gasteiger partial charge in [-0.3, -0.25) is 4.79 Å². The minimum atomic E-state index is -5.25. The van der Waals surface area contributed by atoms with Crippen molar-refractivity contribution in [2.24, 2.45) is 0 Å². The van der Waals surface area contributed by atoms with Crippen LogP contribution in [0.25, 0.3) is 0 Å². The molecule has 0 radical (unpaired) electrons. The number of H-pyrrole nitrogens is 1. The summed E-state index contributed by atoms with van der Waals surface area (Å²) in [6.07, 6.45) is -8.62. The Kier molecular flexibility index (Phi) is 3.71. The summed E-state index contributed by atoms with van der Waals surface area (Å²) in [5, 5.41) is 8.61. The average molecular weight is 259 g/mol. The fourth-order valence-electron chi connectivity index (χ4n) is 1.08. The Bertz CT molecular complexity index is 453. The number of aliphatic hydroxyl groups is 1. The normalized spacial score (nSPS) is 11.9. The smallest absolute Gasteiger partial charge is 0.399 e. The van der Waals surface area contributed by atoms with Gasteiger partial charge in [-0.05, 0) is 0 Å². The van der Waals surface area contributed by atoms with Crippen LogP contribution in [0, 0.1) is 0 Å². The number of hydrogen-bond donors (Lipinski definition) is 2. The van der Waals surface area contributed by atoms with Crippen LogP contribution in [0.15, 0.2) is 10.9 Å². The zero-order valence-corrected chi connectivity index (χ0v) is 8.02. The van der Waals surface area contributed by atoms with Gasteiger partial charge in [0.1, 0.15) is 5.69 Å². The fraction of sp³-hybridized carbons (Fsp3) is 0.375. The third-order valence-electron chi connectivity index (χ3n) is 1.68. The zero-order valence-electron chi connectivity index (χ0n) is 8.02. The van der Waals surface area contributed by atoms with E-state index in [0.29, 0.717) is 6.07 Å². The minimum Gasteiger partial charge on any atom is -0.399 e. The van der Waals surface area contributed by atoms with Crippen LogP contribution in [-0.4, -0.2) is 16.5 Å². The van der Waals surface area contributed by atoms with Crippen molar-refractivity contribution >= 4 is 0 Å². The van der Waals surface area contributed by atoms with E-state index in [-0.39, 0.29) is 5.69 Å². The summed E-state index contributed by atoms with van der Waals surface area (Å²) in [5.74, 6) is -1.52. The molecule has 0 aromatic carbocycles. The number of aliphatic hydroxyl groups excluding tert-OH is 1. The second-order valence-electron chi connectivity index (χ2n) is 2.91. The molecular formula is C8H6F5NO3. The molecule has 0 bridgehead atoms. The number of aromatic amines is 1. The topological polar surface area (TPSA) is 62.3 Å². The first-order valence-corrected chi connectivity index (χ1v) is 4.15. The van der Waals surface area contributed by atoms with Gasteiger partial charge in [0.2, 0.25) is 11.2 Å². The Morgan fingerprint density at radius 2 is 2.00 bits per heavy atom. The lowest BCUT2D eigenvalue weighted by Crippen LogP contribution is -2.24. The molecule has 1 aromatic heterocycles. The molecule has 0 amide bonds. The molecule has 0 fully saturated rings. The summed E-state index contributed by atoms with van der Waals surface area (Å²) >= 11 is 0. The van der Waals surface area contributed by atoms with E-state index in [4.69, 9.17) is 5.11 Å². The van der Waals surface area contributed by atoms with Crippen LogP contribution < -0.4 is 10.2 Å². The SMILES string of the molecule is O=c1cc(CO)[nH]c(C(F)F)c1OC(F)(F)F. The van der Waals surface area contributed by atoms with Crippen LogP contribution in [0.4, 0.5) is 22.0 Å². The monoisotopic (exact) mass is 259 g/mol. The van der Waals surface area contributed by atoms with Gasteiger partial charge in [-0.25, -0.2) is 8.78 Å². The van der Waals surface area contributed by atoms with Crippen molar-refractivity contribution in [3.05, 3.63) is 27.7 Å². The molecule has 4 nitrogen and oxygen atoms in total. The zero-order chi connectivity index (χ0) is 13.2. The molecule has 1 heterocycles. The summed E-state index contributed by atoms with van der Waals surface area (Å²) in [6.45, 7) is -0.790. The number of pyridine rings is 1. The Labute approximate surface area is 90.6 Å². The first kappa shape index (κ1) is 13.4. The molecule has 0 aliphatic carbocycles. The lowest BCUT2D eigenvalue weighted by molar-refractivity contribution is -0.275. The second kappa shape index (κ2) is 4.70. The maximum absolute atomic E-state index is 12.4. The quantitative estimate of drug-likeness (QED) is 0.812. The maximum Gasteiger partial charge on any atom is 0.573 e. The highest BCUT2D eigenvalue weighted by molar-refractivity contribution is 5.30. The number of nitrogens with one attached hydrogen (secondary N) is 1. The first-order chi connectivity index (χ1) is 7.74. The number of ether oxygens (including phenoxy) is 1. The number of aromatic nitrogens is 1. The van der Waals surface area contributed by atoms with Crippen molar-refractivity contribution in [2.45, 2.75) is 19.4 Å². The van der Waals surface area contributed by atoms with Crippen LogP contribution in [0.2, 0.25) is 0 Å². The van der Waals surface area contributed by atoms with E-state index in [1.165, 1.54) is 0 Å². The number of hydrogen-bond acceptors (Lipinski definition) is 3. The highest BCUT2D eigenvalue weighted by atomic mass is 19.4. The van der Waals surface area contributed by atoms with Crippen LogP contribution in [0.5, 0.6) is 5.75 Å². The van der Waals surface area contributed by atoms with Gasteiger partial charge in [0, 0.05) is 11.8 Å². The van der Waals surface area contributed by atoms with E-state index in [9.17, 15) is 26.7 Å². The molecule has 1 aromatic rings. The summed E-state index contributed by atoms with van der Waals surface area (Å²) in [7, 11) is 0. The van der Waals surface area contributed by atoms with E-state index in [1.54, 1.807) is 4.98 Å². The number of halogens is 5. The van der Waals surface area contributed by atoms with Crippen LogP contribution in [0.3, 0.4) is 0 Å². The maximum atomic E-state index is 12.4. The molecule has 17 heavy (non-hydrogen) atoms. The lowest BCUT2D eigenvalue weighted by atomic mass is 10.2. The van der Waals surface area contributed by atoms with E-state index in [0.717, 1.165) is 0 Å². The lowest BCUT2D eigenvalue weighted by Gasteiger charge is -2.12. The predicted octanol–water partition coefficient (Wildman–Crippen LogP) is 1.70. The summed E-state index contributed by atoms with van der Waals surface area (Å²) in [4.78, 5) is 12.9. The van der Waals surface area contributed by atoms with Gasteiger partial charge in [-0.2, -0.15) is 0 Å². The third kappa shape index (κ3) is 3.41. The van der Waals surface area contributed by atoms with Crippen molar-refractivity contribution in [3.8, 4) is 5.75 Å². The van der Waals surface area contributed by atoms with Gasteiger partial charge in [0.25, 0.3) is 6.43 Å². The van der Waals surface area contributed by atoms with Gasteiger partial charge < -0.3 is 14.8 Å². The molecule has 0 unspecified atom stereocenters. The molecule has 0 aliphatic rings.